The lowest BCUT2D eigenvalue weighted by atomic mass is 9.41. The molecular formula is C38H59N4O13P. The van der Waals surface area contributed by atoms with Crippen LogP contribution in [0.2, 0.25) is 0 Å². The predicted molar refractivity (Wildman–Crippen MR) is 205 cm³/mol. The van der Waals surface area contributed by atoms with Gasteiger partial charge in [-0.1, -0.05) is 17.8 Å². The summed E-state index contributed by atoms with van der Waals surface area (Å²) in [5, 5.41) is 11.5. The number of carbonyl (C=O) groups is 4. The number of hydrogen-bond donors (Lipinski definition) is 5. The van der Waals surface area contributed by atoms with E-state index in [-0.39, 0.29) is 141 Å². The van der Waals surface area contributed by atoms with Gasteiger partial charge in [0.05, 0.1) is 70.5 Å². The SMILES string of the molecule is C#CCOCCOCCNC(=O)CCC(CCC(=O)NCCOCCOCC#C)(CCC(=O)NCCOCCOCC#C)NC(=O)[C@]12C[C@@](OP(C)(=O)O)(C1)C2. The predicted octanol–water partition coefficient (Wildman–Crippen LogP) is 0.284. The van der Waals surface area contributed by atoms with Gasteiger partial charge in [0, 0.05) is 51.1 Å². The molecule has 2 bridgehead atoms. The Morgan fingerprint density at radius 3 is 1.29 bits per heavy atom. The van der Waals surface area contributed by atoms with Gasteiger partial charge < -0.3 is 59.1 Å². The van der Waals surface area contributed by atoms with Crippen molar-refractivity contribution in [2.45, 2.75) is 68.9 Å². The largest absolute Gasteiger partial charge is 0.377 e. The van der Waals surface area contributed by atoms with Gasteiger partial charge in [-0.3, -0.25) is 23.7 Å². The summed E-state index contributed by atoms with van der Waals surface area (Å²) < 4.78 is 49.2. The van der Waals surface area contributed by atoms with Gasteiger partial charge in [-0.2, -0.15) is 0 Å². The normalized spacial score (nSPS) is 19.1. The Balaban J connectivity index is 2.08. The fourth-order valence-electron chi connectivity index (χ4n) is 6.49. The van der Waals surface area contributed by atoms with Crippen LogP contribution >= 0.6 is 7.60 Å². The highest BCUT2D eigenvalue weighted by molar-refractivity contribution is 7.51. The average Bonchev–Trinajstić information content (AvgIpc) is 3.12. The Kier molecular flexibility index (Phi) is 22.9. The van der Waals surface area contributed by atoms with Crippen molar-refractivity contribution in [2.75, 3.05) is 106 Å². The van der Waals surface area contributed by atoms with Gasteiger partial charge in [0.1, 0.15) is 19.8 Å². The lowest BCUT2D eigenvalue weighted by Gasteiger charge is -2.68. The number of nitrogens with one attached hydrogen (secondary N) is 4. The summed E-state index contributed by atoms with van der Waals surface area (Å²) in [4.78, 5) is 62.8. The second-order valence-electron chi connectivity index (χ2n) is 13.8. The second kappa shape index (κ2) is 26.4. The van der Waals surface area contributed by atoms with E-state index in [0.29, 0.717) is 39.6 Å². The van der Waals surface area contributed by atoms with Crippen LogP contribution in [-0.2, 0) is 56.7 Å². The Hall–Kier alpha value is -3.53. The molecule has 4 amide bonds. The zero-order valence-electron chi connectivity index (χ0n) is 32.5. The van der Waals surface area contributed by atoms with Crippen molar-refractivity contribution in [3.05, 3.63) is 0 Å². The third kappa shape index (κ3) is 19.6. The van der Waals surface area contributed by atoms with Crippen LogP contribution in [-0.4, -0.2) is 145 Å². The highest BCUT2D eigenvalue weighted by Crippen LogP contribution is 2.72. The maximum Gasteiger partial charge on any atom is 0.325 e. The molecule has 0 saturated heterocycles. The highest BCUT2D eigenvalue weighted by atomic mass is 31.2. The molecular weight excluding hydrogens is 751 g/mol. The van der Waals surface area contributed by atoms with Gasteiger partial charge in [0.15, 0.2) is 0 Å². The van der Waals surface area contributed by atoms with E-state index >= 15 is 0 Å². The van der Waals surface area contributed by atoms with E-state index in [2.05, 4.69) is 39.0 Å². The average molecular weight is 811 g/mol. The van der Waals surface area contributed by atoms with Crippen molar-refractivity contribution in [3.63, 3.8) is 0 Å². The molecule has 0 radical (unpaired) electrons. The first kappa shape index (κ1) is 48.6. The Morgan fingerprint density at radius 2 is 0.964 bits per heavy atom. The van der Waals surface area contributed by atoms with E-state index in [1.54, 1.807) is 0 Å². The van der Waals surface area contributed by atoms with Crippen molar-refractivity contribution in [1.29, 1.82) is 0 Å². The lowest BCUT2D eigenvalue weighted by Crippen LogP contribution is -2.74. The second-order valence-corrected chi connectivity index (χ2v) is 15.6. The van der Waals surface area contributed by atoms with E-state index in [1.165, 1.54) is 0 Å². The molecule has 5 N–H and O–H groups in total. The smallest absolute Gasteiger partial charge is 0.325 e. The molecule has 3 aliphatic carbocycles. The van der Waals surface area contributed by atoms with Crippen LogP contribution < -0.4 is 21.3 Å². The van der Waals surface area contributed by atoms with Crippen molar-refractivity contribution >= 4 is 31.2 Å². The molecule has 0 aromatic carbocycles. The Labute approximate surface area is 330 Å². The zero-order valence-corrected chi connectivity index (χ0v) is 33.4. The molecule has 18 heteroatoms. The minimum atomic E-state index is -3.77. The monoisotopic (exact) mass is 810 g/mol. The summed E-state index contributed by atoms with van der Waals surface area (Å²) in [6.07, 6.45) is 16.5. The van der Waals surface area contributed by atoms with E-state index in [4.69, 9.17) is 52.2 Å². The molecule has 17 nitrogen and oxygen atoms in total. The number of carbonyl (C=O) groups excluding carboxylic acids is 4. The van der Waals surface area contributed by atoms with Crippen molar-refractivity contribution in [3.8, 4) is 37.0 Å². The third-order valence-electron chi connectivity index (χ3n) is 9.07. The molecule has 0 aliphatic heterocycles. The van der Waals surface area contributed by atoms with E-state index in [0.717, 1.165) is 6.66 Å². The van der Waals surface area contributed by atoms with Gasteiger partial charge >= 0.3 is 7.60 Å². The Morgan fingerprint density at radius 1 is 0.625 bits per heavy atom. The lowest BCUT2D eigenvalue weighted by molar-refractivity contribution is -0.239. The highest BCUT2D eigenvalue weighted by Gasteiger charge is 2.74. The van der Waals surface area contributed by atoms with E-state index in [9.17, 15) is 28.6 Å². The molecule has 314 valence electrons. The number of hydrogen-bond acceptors (Lipinski definition) is 12. The topological polar surface area (TPSA) is 218 Å². The molecule has 0 aromatic rings. The third-order valence-corrected chi connectivity index (χ3v) is 9.80. The van der Waals surface area contributed by atoms with Crippen LogP contribution in [0.4, 0.5) is 0 Å². The van der Waals surface area contributed by atoms with E-state index in [1.807, 2.05) is 0 Å². The number of ether oxygens (including phenoxy) is 6. The van der Waals surface area contributed by atoms with Crippen LogP contribution in [0.15, 0.2) is 0 Å². The molecule has 0 heterocycles. The maximum atomic E-state index is 13.9. The first-order chi connectivity index (χ1) is 26.8. The first-order valence-electron chi connectivity index (χ1n) is 18.7. The van der Waals surface area contributed by atoms with Crippen LogP contribution in [0.1, 0.15) is 57.8 Å². The van der Waals surface area contributed by atoms with E-state index < -0.39 is 24.2 Å². The molecule has 56 heavy (non-hydrogen) atoms. The van der Waals surface area contributed by atoms with Crippen molar-refractivity contribution in [1.82, 2.24) is 21.3 Å². The summed E-state index contributed by atoms with van der Waals surface area (Å²) in [5.41, 5.74) is -2.81. The van der Waals surface area contributed by atoms with Gasteiger partial charge in [-0.25, -0.2) is 0 Å². The summed E-state index contributed by atoms with van der Waals surface area (Å²) >= 11 is 0. The quantitative estimate of drug-likeness (QED) is 0.0336. The molecule has 3 fully saturated rings. The molecule has 3 rings (SSSR count). The number of amides is 4. The molecule has 1 unspecified atom stereocenters. The van der Waals surface area contributed by atoms with Crippen LogP contribution in [0, 0.1) is 42.4 Å². The van der Waals surface area contributed by atoms with Gasteiger partial charge in [0.25, 0.3) is 0 Å². The summed E-state index contributed by atoms with van der Waals surface area (Å²) in [6, 6.07) is 0. The van der Waals surface area contributed by atoms with Gasteiger partial charge in [0.2, 0.25) is 23.6 Å². The summed E-state index contributed by atoms with van der Waals surface area (Å²) in [5.74, 6) is 5.84. The first-order valence-corrected chi connectivity index (χ1v) is 20.8. The summed E-state index contributed by atoms with van der Waals surface area (Å²) in [7, 11) is -3.77. The summed E-state index contributed by atoms with van der Waals surface area (Å²) in [6.45, 7) is 4.91. The molecule has 0 aromatic heterocycles. The van der Waals surface area contributed by atoms with Crippen molar-refractivity contribution < 1.29 is 61.6 Å². The molecule has 1 atom stereocenters. The van der Waals surface area contributed by atoms with Crippen LogP contribution in [0.25, 0.3) is 0 Å². The van der Waals surface area contributed by atoms with Gasteiger partial charge in [-0.15, -0.1) is 19.3 Å². The standard InChI is InChI=1S/C38H59N4O13P/c1-5-17-49-23-26-52-20-14-39-32(43)8-11-37(12-9-33(44)40-15-21-53-27-24-50-18-6-2,13-10-34(45)41-16-22-54-28-25-51-19-7-3)42-35(46)36-29-38(30-36,31-36)55-56(4,47)48/h1-3H,8-31H2,4H3,(H,39,43)(H,40,44)(H,41,45)(H,42,46)(H,47,48)/t36-,38-. The molecule has 3 saturated carbocycles. The maximum absolute atomic E-state index is 13.9. The number of terminal acetylenes is 3. The van der Waals surface area contributed by atoms with Crippen LogP contribution in [0.5, 0.6) is 0 Å². The Bertz CT molecular complexity index is 1290. The van der Waals surface area contributed by atoms with Crippen molar-refractivity contribution in [2.24, 2.45) is 5.41 Å². The number of rotatable bonds is 34. The molecule has 3 aliphatic rings. The molecule has 0 spiro atoms. The zero-order chi connectivity index (χ0) is 41.2. The van der Waals surface area contributed by atoms with Crippen LogP contribution in [0.3, 0.4) is 0 Å². The fraction of sp³-hybridized carbons (Fsp3) is 0.737. The minimum Gasteiger partial charge on any atom is -0.377 e. The van der Waals surface area contributed by atoms with Gasteiger partial charge in [-0.05, 0) is 38.5 Å². The fourth-order valence-corrected chi connectivity index (χ4v) is 7.40. The minimum absolute atomic E-state index is 0.0243.